The fraction of sp³-hybridized carbons (Fsp3) is 0.0417. The summed E-state index contributed by atoms with van der Waals surface area (Å²) in [6, 6.07) is 21.7. The Bertz CT molecular complexity index is 1450. The summed E-state index contributed by atoms with van der Waals surface area (Å²) in [5.74, 6) is 0. The van der Waals surface area contributed by atoms with Crippen LogP contribution in [0.3, 0.4) is 0 Å². The molecule has 0 unspecified atom stereocenters. The molecule has 1 aliphatic heterocycles. The van der Waals surface area contributed by atoms with Crippen LogP contribution >= 0.6 is 23.4 Å². The monoisotopic (exact) mass is 431 g/mol. The van der Waals surface area contributed by atoms with Gasteiger partial charge >= 0.3 is 0 Å². The predicted octanol–water partition coefficient (Wildman–Crippen LogP) is 4.29. The second kappa shape index (κ2) is 7.27. The van der Waals surface area contributed by atoms with E-state index in [0.29, 0.717) is 21.3 Å². The van der Waals surface area contributed by atoms with Gasteiger partial charge in [0.25, 0.3) is 5.56 Å². The Morgan fingerprint density at radius 3 is 2.63 bits per heavy atom. The van der Waals surface area contributed by atoms with Crippen molar-refractivity contribution in [3.05, 3.63) is 98.2 Å². The molecule has 0 atom stereocenters. The van der Waals surface area contributed by atoms with Crippen LogP contribution in [0.5, 0.6) is 0 Å². The van der Waals surface area contributed by atoms with Gasteiger partial charge in [0, 0.05) is 21.9 Å². The smallest absolute Gasteiger partial charge is 0.279 e. The van der Waals surface area contributed by atoms with Crippen molar-refractivity contribution in [3.63, 3.8) is 0 Å². The van der Waals surface area contributed by atoms with Crippen LogP contribution in [0.2, 0.25) is 5.02 Å². The molecule has 1 N–H and O–H groups in total. The minimum atomic E-state index is -0.157. The number of fused-ring (bicyclic) bond motifs is 2. The maximum absolute atomic E-state index is 13.0. The summed E-state index contributed by atoms with van der Waals surface area (Å²) < 4.78 is 1.47. The van der Waals surface area contributed by atoms with Crippen LogP contribution in [0, 0.1) is 0 Å². The number of para-hydroxylation sites is 1. The summed E-state index contributed by atoms with van der Waals surface area (Å²) in [6.07, 6.45) is 1.88. The summed E-state index contributed by atoms with van der Waals surface area (Å²) in [5.41, 5.74) is 3.82. The Morgan fingerprint density at radius 2 is 1.80 bits per heavy atom. The lowest BCUT2D eigenvalue weighted by Crippen LogP contribution is -2.34. The maximum atomic E-state index is 13.0. The highest BCUT2D eigenvalue weighted by atomic mass is 35.5. The summed E-state index contributed by atoms with van der Waals surface area (Å²) in [5, 5.41) is 4.71. The molecule has 0 spiro atoms. The van der Waals surface area contributed by atoms with Crippen LogP contribution in [0.25, 0.3) is 18.3 Å². The standard InChI is InChI=1S/C24H18ClN3OS/c1-15-19(24(29)28(26-15)18-7-5-6-17(25)14-18)12-16-10-11-21-23(13-16)30-22-9-4-3-8-20(22)27(21)2/h3-14,26H,1H2,2H3. The summed E-state index contributed by atoms with van der Waals surface area (Å²) in [6.45, 7) is 4.02. The largest absolute Gasteiger partial charge is 0.343 e. The van der Waals surface area contributed by atoms with Crippen LogP contribution in [-0.2, 0) is 0 Å². The molecule has 3 aromatic carbocycles. The third kappa shape index (κ3) is 3.16. The molecule has 0 saturated heterocycles. The third-order valence-electron chi connectivity index (χ3n) is 5.17. The Kier molecular flexibility index (Phi) is 4.57. The van der Waals surface area contributed by atoms with E-state index in [0.717, 1.165) is 16.1 Å². The quantitative estimate of drug-likeness (QED) is 0.514. The number of aromatic amines is 1. The first-order chi connectivity index (χ1) is 14.5. The van der Waals surface area contributed by atoms with Gasteiger partial charge in [-0.2, -0.15) is 0 Å². The molecule has 6 heteroatoms. The molecule has 0 radical (unpaired) electrons. The Morgan fingerprint density at radius 1 is 1.00 bits per heavy atom. The number of anilines is 2. The first-order valence-electron chi connectivity index (χ1n) is 9.43. The van der Waals surface area contributed by atoms with Crippen molar-refractivity contribution < 1.29 is 0 Å². The molecule has 2 heterocycles. The van der Waals surface area contributed by atoms with Crippen molar-refractivity contribution in [1.82, 2.24) is 9.78 Å². The van der Waals surface area contributed by atoms with Gasteiger partial charge in [-0.15, -0.1) is 0 Å². The first-order valence-corrected chi connectivity index (χ1v) is 10.6. The van der Waals surface area contributed by atoms with Crippen molar-refractivity contribution in [2.24, 2.45) is 0 Å². The summed E-state index contributed by atoms with van der Waals surface area (Å²) >= 11 is 7.82. The van der Waals surface area contributed by atoms with Crippen molar-refractivity contribution in [3.8, 4) is 5.69 Å². The average molecular weight is 432 g/mol. The lowest BCUT2D eigenvalue weighted by Gasteiger charge is -2.29. The first kappa shape index (κ1) is 18.9. The number of rotatable bonds is 2. The van der Waals surface area contributed by atoms with Gasteiger partial charge in [-0.25, -0.2) is 4.68 Å². The number of halogens is 1. The molecule has 4 aromatic rings. The summed E-state index contributed by atoms with van der Waals surface area (Å²) in [7, 11) is 2.07. The summed E-state index contributed by atoms with van der Waals surface area (Å²) in [4.78, 5) is 17.6. The number of hydrogen-bond acceptors (Lipinski definition) is 3. The number of hydrogen-bond donors (Lipinski definition) is 1. The highest BCUT2D eigenvalue weighted by Crippen LogP contribution is 2.47. The van der Waals surface area contributed by atoms with Gasteiger partial charge < -0.3 is 4.90 Å². The molecular formula is C24H18ClN3OS. The van der Waals surface area contributed by atoms with Crippen LogP contribution in [-0.4, -0.2) is 16.8 Å². The Labute approximate surface area is 182 Å². The van der Waals surface area contributed by atoms with Gasteiger partial charge in [0.1, 0.15) is 0 Å². The molecule has 0 fully saturated rings. The predicted molar refractivity (Wildman–Crippen MR) is 125 cm³/mol. The molecule has 148 valence electrons. The van der Waals surface area contributed by atoms with E-state index in [1.807, 2.05) is 30.3 Å². The van der Waals surface area contributed by atoms with E-state index in [1.54, 1.807) is 23.9 Å². The third-order valence-corrected chi connectivity index (χ3v) is 6.52. The molecule has 4 nitrogen and oxygen atoms in total. The number of nitrogens with one attached hydrogen (secondary N) is 1. The van der Waals surface area contributed by atoms with Crippen molar-refractivity contribution in [2.45, 2.75) is 9.79 Å². The van der Waals surface area contributed by atoms with Crippen LogP contribution < -0.4 is 21.0 Å². The number of H-pyrrole nitrogens is 1. The highest BCUT2D eigenvalue weighted by molar-refractivity contribution is 7.99. The molecule has 0 aliphatic carbocycles. The average Bonchev–Trinajstić information content (AvgIpc) is 3.02. The fourth-order valence-electron chi connectivity index (χ4n) is 3.66. The lowest BCUT2D eigenvalue weighted by molar-refractivity contribution is 0.838. The van der Waals surface area contributed by atoms with Crippen molar-refractivity contribution >= 4 is 47.4 Å². The molecule has 0 amide bonds. The molecule has 30 heavy (non-hydrogen) atoms. The van der Waals surface area contributed by atoms with Gasteiger partial charge in [-0.05, 0) is 54.1 Å². The van der Waals surface area contributed by atoms with E-state index < -0.39 is 0 Å². The van der Waals surface area contributed by atoms with E-state index in [2.05, 4.69) is 54.0 Å². The minimum Gasteiger partial charge on any atom is -0.343 e. The van der Waals surface area contributed by atoms with Crippen LogP contribution in [0.15, 0.2) is 81.3 Å². The van der Waals surface area contributed by atoms with Gasteiger partial charge in [0.15, 0.2) is 0 Å². The number of benzene rings is 3. The molecule has 1 aromatic heterocycles. The van der Waals surface area contributed by atoms with E-state index >= 15 is 0 Å². The topological polar surface area (TPSA) is 41.0 Å². The van der Waals surface area contributed by atoms with E-state index in [-0.39, 0.29) is 5.56 Å². The SMILES string of the molecule is C=c1[nH]n(-c2cccc(Cl)c2)c(=O)c1=Cc1ccc2c(c1)Sc1ccccc1N2C. The second-order valence-electron chi connectivity index (χ2n) is 7.12. The second-order valence-corrected chi connectivity index (χ2v) is 8.64. The minimum absolute atomic E-state index is 0.157. The molecule has 0 saturated carbocycles. The normalized spacial score (nSPS) is 13.3. The van der Waals surface area contributed by atoms with Gasteiger partial charge in [-0.3, -0.25) is 9.89 Å². The van der Waals surface area contributed by atoms with E-state index in [1.165, 1.54) is 15.3 Å². The maximum Gasteiger partial charge on any atom is 0.279 e. The van der Waals surface area contributed by atoms with Gasteiger partial charge in [0.2, 0.25) is 0 Å². The van der Waals surface area contributed by atoms with E-state index in [9.17, 15) is 4.79 Å². The lowest BCUT2D eigenvalue weighted by atomic mass is 10.1. The zero-order chi connectivity index (χ0) is 20.8. The Hall–Kier alpha value is -3.15. The highest BCUT2D eigenvalue weighted by Gasteiger charge is 2.20. The van der Waals surface area contributed by atoms with Crippen molar-refractivity contribution in [1.29, 1.82) is 0 Å². The molecular weight excluding hydrogens is 414 g/mol. The van der Waals surface area contributed by atoms with Crippen LogP contribution in [0.1, 0.15) is 5.56 Å². The number of nitrogens with zero attached hydrogens (tertiary/aromatic N) is 2. The van der Waals surface area contributed by atoms with E-state index in [4.69, 9.17) is 11.6 Å². The zero-order valence-electron chi connectivity index (χ0n) is 16.2. The molecule has 1 aliphatic rings. The molecule has 5 rings (SSSR count). The molecule has 0 bridgehead atoms. The van der Waals surface area contributed by atoms with Crippen molar-refractivity contribution in [2.75, 3.05) is 11.9 Å². The zero-order valence-corrected chi connectivity index (χ0v) is 17.8. The Balaban J connectivity index is 1.59. The fourth-order valence-corrected chi connectivity index (χ4v) is 5.04. The van der Waals surface area contributed by atoms with Gasteiger partial charge in [0.05, 0.1) is 27.6 Å². The van der Waals surface area contributed by atoms with Gasteiger partial charge in [-0.1, -0.05) is 54.2 Å². The van der Waals surface area contributed by atoms with Crippen LogP contribution in [0.4, 0.5) is 11.4 Å². The number of aromatic nitrogens is 2.